The third-order valence-electron chi connectivity index (χ3n) is 4.82. The molecule has 0 aliphatic rings. The van der Waals surface area contributed by atoms with Gasteiger partial charge in [-0.2, -0.15) is 0 Å². The standard InChI is InChI=1S/C26H26ClNO4S.Li.H/c1-31-21-12-9-19(10-13-21)6-4-5-17-32-24-15-11-20(28-23(24)14-16-26(29)30)18-33-25-8-3-2-7-22(25)27;;/h2-3,7-16H,4-6,17-18H2,1H3,(H,29,30);;. The van der Waals surface area contributed by atoms with Crippen LogP contribution < -0.4 is 9.47 Å². The maximum atomic E-state index is 11.0. The number of aryl methyl sites for hydroxylation is 1. The van der Waals surface area contributed by atoms with Crippen molar-refractivity contribution < 1.29 is 19.4 Å². The van der Waals surface area contributed by atoms with Gasteiger partial charge in [0.2, 0.25) is 0 Å². The quantitative estimate of drug-likeness (QED) is 0.147. The van der Waals surface area contributed by atoms with Crippen molar-refractivity contribution in [2.24, 2.45) is 0 Å². The van der Waals surface area contributed by atoms with E-state index in [0.717, 1.165) is 41.7 Å². The number of unbranched alkanes of at least 4 members (excludes halogenated alkanes) is 1. The van der Waals surface area contributed by atoms with Crippen LogP contribution in [0.4, 0.5) is 0 Å². The van der Waals surface area contributed by atoms with Crippen molar-refractivity contribution in [2.75, 3.05) is 13.7 Å². The van der Waals surface area contributed by atoms with Gasteiger partial charge in [0.1, 0.15) is 17.2 Å². The van der Waals surface area contributed by atoms with Crippen LogP contribution in [0.25, 0.3) is 6.08 Å². The van der Waals surface area contributed by atoms with E-state index >= 15 is 0 Å². The SMILES string of the molecule is COc1ccc(CCCCOc2ccc(CSc3ccccc3Cl)nc2C=CC(=O)O)cc1.[LiH]. The average Bonchev–Trinajstić information content (AvgIpc) is 2.83. The van der Waals surface area contributed by atoms with Crippen LogP contribution in [0, 0.1) is 0 Å². The molecule has 0 saturated carbocycles. The number of carboxylic acid groups (broad SMARTS) is 1. The van der Waals surface area contributed by atoms with Gasteiger partial charge in [0.15, 0.2) is 0 Å². The molecule has 0 bridgehead atoms. The number of nitrogens with zero attached hydrogens (tertiary/aromatic N) is 1. The van der Waals surface area contributed by atoms with E-state index in [4.69, 9.17) is 26.2 Å². The number of benzene rings is 2. The summed E-state index contributed by atoms with van der Waals surface area (Å²) in [6.45, 7) is 0.527. The summed E-state index contributed by atoms with van der Waals surface area (Å²) in [5.74, 6) is 1.01. The van der Waals surface area contributed by atoms with Crippen LogP contribution in [-0.2, 0) is 17.0 Å². The predicted molar refractivity (Wildman–Crippen MR) is 140 cm³/mol. The van der Waals surface area contributed by atoms with E-state index in [1.54, 1.807) is 18.9 Å². The van der Waals surface area contributed by atoms with Crippen molar-refractivity contribution in [2.45, 2.75) is 29.9 Å². The number of hydrogen-bond donors (Lipinski definition) is 1. The van der Waals surface area contributed by atoms with Crippen molar-refractivity contribution in [3.05, 3.63) is 88.7 Å². The minimum atomic E-state index is -1.03. The van der Waals surface area contributed by atoms with E-state index in [9.17, 15) is 4.79 Å². The summed E-state index contributed by atoms with van der Waals surface area (Å²) >= 11 is 7.80. The number of ether oxygens (including phenoxy) is 2. The van der Waals surface area contributed by atoms with E-state index in [2.05, 4.69) is 17.1 Å². The van der Waals surface area contributed by atoms with E-state index in [1.807, 2.05) is 48.5 Å². The topological polar surface area (TPSA) is 68.7 Å². The Labute approximate surface area is 221 Å². The molecule has 0 atom stereocenters. The molecule has 0 fully saturated rings. The van der Waals surface area contributed by atoms with Crippen LogP contribution in [0.1, 0.15) is 29.8 Å². The summed E-state index contributed by atoms with van der Waals surface area (Å²) in [6.07, 6.45) is 5.35. The zero-order valence-electron chi connectivity index (χ0n) is 18.4. The number of carboxylic acids is 1. The van der Waals surface area contributed by atoms with Gasteiger partial charge in [-0.05, 0) is 67.3 Å². The molecule has 1 N–H and O–H groups in total. The van der Waals surface area contributed by atoms with E-state index in [0.29, 0.717) is 28.8 Å². The first-order valence-corrected chi connectivity index (χ1v) is 12.0. The summed E-state index contributed by atoms with van der Waals surface area (Å²) in [7, 11) is 1.66. The molecule has 0 aliphatic carbocycles. The Morgan fingerprint density at radius 1 is 1.09 bits per heavy atom. The van der Waals surface area contributed by atoms with Gasteiger partial charge in [-0.25, -0.2) is 9.78 Å². The summed E-state index contributed by atoms with van der Waals surface area (Å²) < 4.78 is 11.1. The maximum absolute atomic E-state index is 11.0. The van der Waals surface area contributed by atoms with Crippen LogP contribution in [0.3, 0.4) is 0 Å². The molecule has 174 valence electrons. The molecule has 0 amide bonds. The second-order valence-corrected chi connectivity index (χ2v) is 8.65. The molecule has 0 saturated heterocycles. The Hall–Kier alpha value is -2.36. The van der Waals surface area contributed by atoms with E-state index in [-0.39, 0.29) is 18.9 Å². The summed E-state index contributed by atoms with van der Waals surface area (Å²) in [4.78, 5) is 16.6. The number of thioether (sulfide) groups is 1. The second kappa shape index (κ2) is 14.8. The molecule has 34 heavy (non-hydrogen) atoms. The summed E-state index contributed by atoms with van der Waals surface area (Å²) in [5, 5.41) is 9.72. The van der Waals surface area contributed by atoms with Crippen LogP contribution in [0.5, 0.6) is 11.5 Å². The minimum absolute atomic E-state index is 0. The number of rotatable bonds is 12. The number of carbonyl (C=O) groups is 1. The molecule has 0 aliphatic heterocycles. The van der Waals surface area contributed by atoms with Crippen LogP contribution >= 0.6 is 23.4 Å². The summed E-state index contributed by atoms with van der Waals surface area (Å²) in [5.41, 5.74) is 2.57. The Morgan fingerprint density at radius 2 is 1.85 bits per heavy atom. The first kappa shape index (κ1) is 27.9. The van der Waals surface area contributed by atoms with Gasteiger partial charge in [0, 0.05) is 16.7 Å². The average molecular weight is 492 g/mol. The van der Waals surface area contributed by atoms with Crippen molar-refractivity contribution >= 4 is 54.3 Å². The fraction of sp³-hybridized carbons (Fsp3) is 0.231. The Morgan fingerprint density at radius 3 is 2.56 bits per heavy atom. The first-order chi connectivity index (χ1) is 16.0. The van der Waals surface area contributed by atoms with Crippen molar-refractivity contribution in [3.63, 3.8) is 0 Å². The van der Waals surface area contributed by atoms with Crippen molar-refractivity contribution in [1.29, 1.82) is 0 Å². The monoisotopic (exact) mass is 491 g/mol. The molecule has 0 spiro atoms. The van der Waals surface area contributed by atoms with Gasteiger partial charge in [-0.1, -0.05) is 35.9 Å². The third kappa shape index (κ3) is 9.12. The molecule has 1 aromatic heterocycles. The molecule has 0 radical (unpaired) electrons. The zero-order valence-corrected chi connectivity index (χ0v) is 19.9. The number of methoxy groups -OCH3 is 1. The van der Waals surface area contributed by atoms with Gasteiger partial charge < -0.3 is 14.6 Å². The predicted octanol–water partition coefficient (Wildman–Crippen LogP) is 5.89. The molecule has 2 aromatic carbocycles. The first-order valence-electron chi connectivity index (χ1n) is 10.6. The molecule has 1 heterocycles. The van der Waals surface area contributed by atoms with Gasteiger partial charge in [-0.15, -0.1) is 11.8 Å². The van der Waals surface area contributed by atoms with E-state index < -0.39 is 5.97 Å². The molecule has 5 nitrogen and oxygen atoms in total. The fourth-order valence-corrected chi connectivity index (χ4v) is 4.24. The number of aromatic nitrogens is 1. The van der Waals surface area contributed by atoms with Crippen LogP contribution in [0.2, 0.25) is 5.02 Å². The van der Waals surface area contributed by atoms with Gasteiger partial charge in [0.05, 0.1) is 24.4 Å². The second-order valence-electron chi connectivity index (χ2n) is 7.23. The molecular formula is C26H27ClLiNO4S. The number of hydrogen-bond acceptors (Lipinski definition) is 5. The zero-order chi connectivity index (χ0) is 23.5. The van der Waals surface area contributed by atoms with E-state index in [1.165, 1.54) is 11.6 Å². The summed E-state index contributed by atoms with van der Waals surface area (Å²) in [6, 6.07) is 19.4. The normalized spacial score (nSPS) is 10.6. The van der Waals surface area contributed by atoms with Gasteiger partial charge in [-0.3, -0.25) is 0 Å². The molecule has 3 aromatic rings. The number of aliphatic carboxylic acids is 1. The number of pyridine rings is 1. The van der Waals surface area contributed by atoms with Gasteiger partial charge >= 0.3 is 24.8 Å². The third-order valence-corrected chi connectivity index (χ3v) is 6.36. The molecule has 0 unspecified atom stereocenters. The Kier molecular flexibility index (Phi) is 12.1. The van der Waals surface area contributed by atoms with Gasteiger partial charge in [0.25, 0.3) is 0 Å². The number of halogens is 1. The molecule has 8 heteroatoms. The fourth-order valence-electron chi connectivity index (χ4n) is 3.10. The van der Waals surface area contributed by atoms with Crippen molar-refractivity contribution in [3.8, 4) is 11.5 Å². The Bertz CT molecular complexity index is 1090. The Balaban J connectivity index is 0.00000408. The molecule has 3 rings (SSSR count). The van der Waals surface area contributed by atoms with Crippen LogP contribution in [-0.4, -0.2) is 48.6 Å². The van der Waals surface area contributed by atoms with Crippen molar-refractivity contribution in [1.82, 2.24) is 4.98 Å². The molecular weight excluding hydrogens is 465 g/mol. The van der Waals surface area contributed by atoms with Crippen LogP contribution in [0.15, 0.2) is 71.6 Å².